The zero-order valence-electron chi connectivity index (χ0n) is 7.26. The summed E-state index contributed by atoms with van der Waals surface area (Å²) in [5.74, 6) is 0. The number of benzene rings is 1. The first-order valence-electron chi connectivity index (χ1n) is 4.25. The van der Waals surface area contributed by atoms with Crippen LogP contribution in [0.15, 0.2) is 30.3 Å². The summed E-state index contributed by atoms with van der Waals surface area (Å²) in [4.78, 5) is 0. The fraction of sp³-hybridized carbons (Fsp3) is 0.273. The van der Waals surface area contributed by atoms with Gasteiger partial charge < -0.3 is 0 Å². The third-order valence-electron chi connectivity index (χ3n) is 1.61. The molecule has 0 atom stereocenters. The Balaban J connectivity index is 2.63. The first-order chi connectivity index (χ1) is 5.83. The van der Waals surface area contributed by atoms with Gasteiger partial charge in [-0.2, -0.15) is 0 Å². The van der Waals surface area contributed by atoms with Gasteiger partial charge in [-0.3, -0.25) is 0 Å². The van der Waals surface area contributed by atoms with Gasteiger partial charge in [0.05, 0.1) is 0 Å². The van der Waals surface area contributed by atoms with Gasteiger partial charge in [-0.1, -0.05) is 49.2 Å². The minimum atomic E-state index is 0.800. The minimum Gasteiger partial charge on any atom is -0.0843 e. The van der Waals surface area contributed by atoms with Gasteiger partial charge >= 0.3 is 0 Å². The van der Waals surface area contributed by atoms with E-state index < -0.39 is 0 Å². The van der Waals surface area contributed by atoms with E-state index in [1.807, 2.05) is 18.2 Å². The molecule has 0 N–H and O–H groups in total. The quantitative estimate of drug-likeness (QED) is 0.656. The Labute approximate surface area is 78.9 Å². The lowest BCUT2D eigenvalue weighted by Crippen LogP contribution is -1.70. The predicted molar refractivity (Wildman–Crippen MR) is 55.4 cm³/mol. The van der Waals surface area contributed by atoms with Crippen molar-refractivity contribution in [3.05, 3.63) is 40.9 Å². The molecule has 0 heterocycles. The molecule has 12 heavy (non-hydrogen) atoms. The van der Waals surface area contributed by atoms with Gasteiger partial charge in [-0.05, 0) is 24.1 Å². The van der Waals surface area contributed by atoms with Crippen LogP contribution in [0.25, 0.3) is 6.08 Å². The number of allylic oxidation sites excluding steroid dienone is 1. The summed E-state index contributed by atoms with van der Waals surface area (Å²) >= 11 is 5.82. The molecule has 0 aliphatic heterocycles. The lowest BCUT2D eigenvalue weighted by atomic mass is 10.2. The molecule has 64 valence electrons. The first kappa shape index (κ1) is 9.34. The second-order valence-electron chi connectivity index (χ2n) is 2.75. The Kier molecular flexibility index (Phi) is 3.89. The van der Waals surface area contributed by atoms with Crippen LogP contribution in [0.5, 0.6) is 0 Å². The Morgan fingerprint density at radius 3 is 2.92 bits per heavy atom. The van der Waals surface area contributed by atoms with Crippen LogP contribution in [0.3, 0.4) is 0 Å². The summed E-state index contributed by atoms with van der Waals surface area (Å²) in [6, 6.07) is 7.87. The van der Waals surface area contributed by atoms with Crippen molar-refractivity contribution in [1.82, 2.24) is 0 Å². The van der Waals surface area contributed by atoms with Crippen molar-refractivity contribution >= 4 is 17.7 Å². The van der Waals surface area contributed by atoms with Gasteiger partial charge in [-0.25, -0.2) is 0 Å². The van der Waals surface area contributed by atoms with Crippen LogP contribution in [-0.4, -0.2) is 0 Å². The van der Waals surface area contributed by atoms with E-state index in [2.05, 4.69) is 25.1 Å². The summed E-state index contributed by atoms with van der Waals surface area (Å²) in [6.45, 7) is 2.17. The van der Waals surface area contributed by atoms with Crippen LogP contribution in [-0.2, 0) is 0 Å². The number of hydrogen-bond acceptors (Lipinski definition) is 0. The number of unbranched alkanes of at least 4 members (excludes halogenated alkanes) is 1. The first-order valence-corrected chi connectivity index (χ1v) is 4.63. The molecule has 0 fully saturated rings. The molecule has 0 nitrogen and oxygen atoms in total. The average molecular weight is 181 g/mol. The van der Waals surface area contributed by atoms with E-state index in [0.717, 1.165) is 11.4 Å². The molecular weight excluding hydrogens is 168 g/mol. The van der Waals surface area contributed by atoms with Gasteiger partial charge in [-0.15, -0.1) is 0 Å². The predicted octanol–water partition coefficient (Wildman–Crippen LogP) is 4.15. The van der Waals surface area contributed by atoms with Crippen LogP contribution >= 0.6 is 11.6 Å². The zero-order chi connectivity index (χ0) is 8.81. The van der Waals surface area contributed by atoms with Gasteiger partial charge in [0.15, 0.2) is 0 Å². The van der Waals surface area contributed by atoms with E-state index in [9.17, 15) is 0 Å². The smallest absolute Gasteiger partial charge is 0.0411 e. The summed E-state index contributed by atoms with van der Waals surface area (Å²) in [6.07, 6.45) is 6.60. The van der Waals surface area contributed by atoms with Crippen molar-refractivity contribution in [2.24, 2.45) is 0 Å². The summed E-state index contributed by atoms with van der Waals surface area (Å²) in [5, 5.41) is 0.800. The molecule has 0 aliphatic rings. The highest BCUT2D eigenvalue weighted by Gasteiger charge is 1.87. The number of hydrogen-bond donors (Lipinski definition) is 0. The number of rotatable bonds is 3. The Morgan fingerprint density at radius 2 is 2.25 bits per heavy atom. The van der Waals surface area contributed by atoms with Gasteiger partial charge in [0.2, 0.25) is 0 Å². The van der Waals surface area contributed by atoms with E-state index in [0.29, 0.717) is 0 Å². The minimum absolute atomic E-state index is 0.800. The topological polar surface area (TPSA) is 0 Å². The van der Waals surface area contributed by atoms with E-state index >= 15 is 0 Å². The van der Waals surface area contributed by atoms with Crippen molar-refractivity contribution in [3.8, 4) is 0 Å². The van der Waals surface area contributed by atoms with Crippen molar-refractivity contribution in [1.29, 1.82) is 0 Å². The lowest BCUT2D eigenvalue weighted by molar-refractivity contribution is 0.962. The molecule has 1 rings (SSSR count). The van der Waals surface area contributed by atoms with Gasteiger partial charge in [0.1, 0.15) is 0 Å². The van der Waals surface area contributed by atoms with Crippen LogP contribution < -0.4 is 0 Å². The highest BCUT2D eigenvalue weighted by atomic mass is 35.5. The van der Waals surface area contributed by atoms with Crippen molar-refractivity contribution in [2.45, 2.75) is 19.8 Å². The maximum atomic E-state index is 5.82. The standard InChI is InChI=1S/C11H13Cl/c1-2-3-4-6-10-7-5-8-11(12)9-10/h4-9H,2-3H2,1H3/b6-4+. The maximum absolute atomic E-state index is 5.82. The van der Waals surface area contributed by atoms with Crippen LogP contribution in [0.1, 0.15) is 25.3 Å². The molecule has 0 bridgehead atoms. The second-order valence-corrected chi connectivity index (χ2v) is 3.18. The molecule has 0 unspecified atom stereocenters. The van der Waals surface area contributed by atoms with Crippen molar-refractivity contribution in [2.75, 3.05) is 0 Å². The summed E-state index contributed by atoms with van der Waals surface area (Å²) in [5.41, 5.74) is 1.18. The van der Waals surface area contributed by atoms with Gasteiger partial charge in [0, 0.05) is 5.02 Å². The molecule has 0 radical (unpaired) electrons. The molecular formula is C11H13Cl. The SMILES string of the molecule is CCC/C=C/c1cccc(Cl)c1. The van der Waals surface area contributed by atoms with Crippen molar-refractivity contribution < 1.29 is 0 Å². The average Bonchev–Trinajstić information content (AvgIpc) is 2.05. The van der Waals surface area contributed by atoms with E-state index in [4.69, 9.17) is 11.6 Å². The molecule has 0 spiro atoms. The molecule has 0 aliphatic carbocycles. The third-order valence-corrected chi connectivity index (χ3v) is 1.85. The molecule has 0 aromatic heterocycles. The van der Waals surface area contributed by atoms with E-state index in [1.165, 1.54) is 12.0 Å². The zero-order valence-corrected chi connectivity index (χ0v) is 8.01. The van der Waals surface area contributed by atoms with Crippen LogP contribution in [0.4, 0.5) is 0 Å². The monoisotopic (exact) mass is 180 g/mol. The summed E-state index contributed by atoms with van der Waals surface area (Å²) < 4.78 is 0. The molecule has 1 aromatic rings. The van der Waals surface area contributed by atoms with Crippen LogP contribution in [0, 0.1) is 0 Å². The van der Waals surface area contributed by atoms with E-state index in [-0.39, 0.29) is 0 Å². The highest BCUT2D eigenvalue weighted by molar-refractivity contribution is 6.30. The van der Waals surface area contributed by atoms with Crippen molar-refractivity contribution in [3.63, 3.8) is 0 Å². The summed E-state index contributed by atoms with van der Waals surface area (Å²) in [7, 11) is 0. The Bertz CT molecular complexity index is 263. The Morgan fingerprint density at radius 1 is 1.42 bits per heavy atom. The third kappa shape index (κ3) is 3.10. The molecule has 1 aromatic carbocycles. The number of halogens is 1. The molecule has 0 saturated carbocycles. The van der Waals surface area contributed by atoms with E-state index in [1.54, 1.807) is 0 Å². The fourth-order valence-corrected chi connectivity index (χ4v) is 1.20. The highest BCUT2D eigenvalue weighted by Crippen LogP contribution is 2.12. The van der Waals surface area contributed by atoms with Gasteiger partial charge in [0.25, 0.3) is 0 Å². The maximum Gasteiger partial charge on any atom is 0.0411 e. The van der Waals surface area contributed by atoms with Crippen LogP contribution in [0.2, 0.25) is 5.02 Å². The molecule has 1 heteroatoms. The fourth-order valence-electron chi connectivity index (χ4n) is 0.996. The second kappa shape index (κ2) is 5.00. The lowest BCUT2D eigenvalue weighted by Gasteiger charge is -1.93. The molecule has 0 amide bonds. The molecule has 0 saturated heterocycles. The largest absolute Gasteiger partial charge is 0.0843 e. The Hall–Kier alpha value is -0.750. The normalized spacial score (nSPS) is 10.8.